The van der Waals surface area contributed by atoms with Crippen LogP contribution >= 0.6 is 23.4 Å². The van der Waals surface area contributed by atoms with Crippen LogP contribution in [0.3, 0.4) is 0 Å². The normalized spacial score (nSPS) is 17.7. The van der Waals surface area contributed by atoms with Gasteiger partial charge in [-0.25, -0.2) is 9.97 Å². The Balaban J connectivity index is 1.39. The number of halogens is 1. The Bertz CT molecular complexity index is 1160. The highest BCUT2D eigenvalue weighted by molar-refractivity contribution is 7.99. The molecule has 0 bridgehead atoms. The maximum atomic E-state index is 11.7. The molecule has 0 radical (unpaired) electrons. The summed E-state index contributed by atoms with van der Waals surface area (Å²) in [6, 6.07) is 5.56. The smallest absolute Gasteiger partial charge is 0.247 e. The third-order valence-electron chi connectivity index (χ3n) is 6.77. The Morgan fingerprint density at radius 3 is 2.69 bits per heavy atom. The number of imidazole rings is 1. The van der Waals surface area contributed by atoms with Crippen molar-refractivity contribution in [3.05, 3.63) is 54.5 Å². The molecule has 8 heteroatoms. The molecule has 166 valence electrons. The molecular weight excluding hydrogens is 442 g/mol. The summed E-state index contributed by atoms with van der Waals surface area (Å²) >= 11 is 8.07. The first kappa shape index (κ1) is 21.3. The molecule has 1 aliphatic carbocycles. The van der Waals surface area contributed by atoms with Crippen LogP contribution in [0.1, 0.15) is 38.5 Å². The van der Waals surface area contributed by atoms with Crippen LogP contribution in [0.2, 0.25) is 5.02 Å². The predicted molar refractivity (Wildman–Crippen MR) is 130 cm³/mol. The first-order valence-corrected chi connectivity index (χ1v) is 12.2. The molecule has 3 aromatic rings. The van der Waals surface area contributed by atoms with Crippen LogP contribution in [0.25, 0.3) is 5.65 Å². The lowest BCUT2D eigenvalue weighted by atomic mass is 9.77. The van der Waals surface area contributed by atoms with Crippen LogP contribution in [-0.2, 0) is 4.79 Å². The van der Waals surface area contributed by atoms with E-state index in [1.54, 1.807) is 6.07 Å². The number of hydrogen-bond donors (Lipinski definition) is 1. The zero-order chi connectivity index (χ0) is 22.1. The number of piperidine rings is 1. The average Bonchev–Trinajstić information content (AvgIpc) is 3.48. The van der Waals surface area contributed by atoms with E-state index >= 15 is 0 Å². The van der Waals surface area contributed by atoms with E-state index in [2.05, 4.69) is 26.2 Å². The number of aromatic nitrogens is 3. The van der Waals surface area contributed by atoms with Gasteiger partial charge in [-0.3, -0.25) is 9.20 Å². The number of nitrogens with zero attached hydrogens (tertiary/aromatic N) is 4. The fourth-order valence-corrected chi connectivity index (χ4v) is 6.20. The van der Waals surface area contributed by atoms with Crippen molar-refractivity contribution in [3.63, 3.8) is 0 Å². The molecule has 2 aromatic heterocycles. The fourth-order valence-electron chi connectivity index (χ4n) is 4.98. The third kappa shape index (κ3) is 3.99. The molecule has 6 nitrogen and oxygen atoms in total. The third-order valence-corrected chi connectivity index (χ3v) is 8.36. The Morgan fingerprint density at radius 2 is 1.94 bits per heavy atom. The van der Waals surface area contributed by atoms with Gasteiger partial charge in [-0.15, -0.1) is 0 Å². The molecule has 32 heavy (non-hydrogen) atoms. The van der Waals surface area contributed by atoms with Gasteiger partial charge in [0.1, 0.15) is 0 Å². The molecule has 0 unspecified atom stereocenters. The fraction of sp³-hybridized carbons (Fsp3) is 0.375. The van der Waals surface area contributed by atoms with Gasteiger partial charge >= 0.3 is 0 Å². The minimum absolute atomic E-state index is 0.295. The van der Waals surface area contributed by atoms with E-state index in [9.17, 15) is 4.79 Å². The lowest BCUT2D eigenvalue weighted by Crippen LogP contribution is -2.40. The van der Waals surface area contributed by atoms with Crippen molar-refractivity contribution in [2.45, 2.75) is 48.3 Å². The van der Waals surface area contributed by atoms with Gasteiger partial charge in [0.25, 0.3) is 0 Å². The summed E-state index contributed by atoms with van der Waals surface area (Å²) in [6.45, 7) is 5.58. The van der Waals surface area contributed by atoms with Crippen LogP contribution < -0.4 is 10.2 Å². The summed E-state index contributed by atoms with van der Waals surface area (Å²) in [6.07, 6.45) is 14.9. The van der Waals surface area contributed by atoms with Gasteiger partial charge in [-0.05, 0) is 49.3 Å². The maximum absolute atomic E-state index is 11.7. The number of rotatable bonds is 5. The van der Waals surface area contributed by atoms with E-state index in [0.29, 0.717) is 16.1 Å². The minimum atomic E-state index is -0.295. The molecular formula is C24H26ClN5OS. The number of hydrogen-bond acceptors (Lipinski definition) is 5. The number of carbonyl (C=O) groups excluding carboxylic acids is 1. The lowest BCUT2D eigenvalue weighted by Gasteiger charge is -2.39. The Hall–Kier alpha value is -2.51. The summed E-state index contributed by atoms with van der Waals surface area (Å²) in [5.41, 5.74) is 1.99. The highest BCUT2D eigenvalue weighted by Crippen LogP contribution is 2.46. The number of carbonyl (C=O) groups is 1. The molecule has 2 fully saturated rings. The van der Waals surface area contributed by atoms with Gasteiger partial charge in [0.15, 0.2) is 5.65 Å². The first-order chi connectivity index (χ1) is 15.6. The van der Waals surface area contributed by atoms with Crippen LogP contribution in [0.5, 0.6) is 0 Å². The van der Waals surface area contributed by atoms with E-state index in [1.165, 1.54) is 56.4 Å². The first-order valence-electron chi connectivity index (χ1n) is 11.1. The average molecular weight is 468 g/mol. The second kappa shape index (κ2) is 8.79. The van der Waals surface area contributed by atoms with Gasteiger partial charge in [-0.1, -0.05) is 48.8 Å². The molecule has 1 aromatic carbocycles. The quantitative estimate of drug-likeness (QED) is 0.479. The molecule has 5 rings (SSSR count). The van der Waals surface area contributed by atoms with Crippen molar-refractivity contribution in [1.29, 1.82) is 0 Å². The van der Waals surface area contributed by atoms with Crippen molar-refractivity contribution < 1.29 is 4.79 Å². The molecule has 1 amide bonds. The second-order valence-corrected chi connectivity index (χ2v) is 10.1. The Labute approximate surface area is 197 Å². The zero-order valence-electron chi connectivity index (χ0n) is 17.9. The maximum Gasteiger partial charge on any atom is 0.247 e. The van der Waals surface area contributed by atoms with E-state index < -0.39 is 0 Å². The van der Waals surface area contributed by atoms with Crippen LogP contribution in [0, 0.1) is 5.41 Å². The van der Waals surface area contributed by atoms with Crippen molar-refractivity contribution >= 4 is 46.6 Å². The molecule has 0 atom stereocenters. The number of benzene rings is 1. The van der Waals surface area contributed by atoms with Gasteiger partial charge in [0.05, 0.1) is 15.6 Å². The Morgan fingerprint density at radius 1 is 1.16 bits per heavy atom. The second-order valence-electron chi connectivity index (χ2n) is 8.65. The number of fused-ring (bicyclic) bond motifs is 1. The van der Waals surface area contributed by atoms with E-state index in [0.717, 1.165) is 34.5 Å². The van der Waals surface area contributed by atoms with Gasteiger partial charge in [0.2, 0.25) is 11.9 Å². The van der Waals surface area contributed by atoms with Crippen molar-refractivity contribution in [2.24, 2.45) is 5.41 Å². The van der Waals surface area contributed by atoms with Crippen molar-refractivity contribution in [1.82, 2.24) is 14.4 Å². The lowest BCUT2D eigenvalue weighted by molar-refractivity contribution is -0.111. The molecule has 1 spiro atoms. The molecule has 2 aliphatic rings. The zero-order valence-corrected chi connectivity index (χ0v) is 19.5. The molecule has 1 N–H and O–H groups in total. The number of anilines is 2. The van der Waals surface area contributed by atoms with Gasteiger partial charge < -0.3 is 10.2 Å². The van der Waals surface area contributed by atoms with E-state index in [4.69, 9.17) is 16.6 Å². The molecule has 1 saturated carbocycles. The van der Waals surface area contributed by atoms with E-state index in [1.807, 2.05) is 30.7 Å². The van der Waals surface area contributed by atoms with E-state index in [-0.39, 0.29) is 5.91 Å². The SMILES string of the molecule is C=CC(=O)Nc1cccc(Sc2cnc(N3CCC4(CCCC4)CC3)n3ccnc23)c1Cl. The summed E-state index contributed by atoms with van der Waals surface area (Å²) in [5.74, 6) is 0.657. The standard InChI is InChI=1S/C24H26ClN5OS/c1-2-20(31)28-17-6-5-7-18(21(17)25)32-19-16-27-23(30-15-12-26-22(19)30)29-13-10-24(11-14-29)8-3-4-9-24/h2,5-7,12,15-16H,1,3-4,8-11,13-14H2,(H,28,31). The summed E-state index contributed by atoms with van der Waals surface area (Å²) < 4.78 is 2.08. The highest BCUT2D eigenvalue weighted by Gasteiger charge is 2.37. The van der Waals surface area contributed by atoms with Crippen LogP contribution in [0.15, 0.2) is 59.2 Å². The molecule has 1 aliphatic heterocycles. The largest absolute Gasteiger partial charge is 0.342 e. The summed E-state index contributed by atoms with van der Waals surface area (Å²) in [5, 5.41) is 3.23. The number of nitrogens with one attached hydrogen (secondary N) is 1. The van der Waals surface area contributed by atoms with Crippen molar-refractivity contribution in [2.75, 3.05) is 23.3 Å². The number of amides is 1. The van der Waals surface area contributed by atoms with Crippen molar-refractivity contribution in [3.8, 4) is 0 Å². The summed E-state index contributed by atoms with van der Waals surface area (Å²) in [7, 11) is 0. The topological polar surface area (TPSA) is 62.5 Å². The van der Waals surface area contributed by atoms with Crippen LogP contribution in [0.4, 0.5) is 11.6 Å². The molecule has 3 heterocycles. The van der Waals surface area contributed by atoms with Crippen LogP contribution in [-0.4, -0.2) is 33.4 Å². The Kier molecular flexibility index (Phi) is 5.86. The minimum Gasteiger partial charge on any atom is -0.342 e. The van der Waals surface area contributed by atoms with Gasteiger partial charge in [-0.2, -0.15) is 0 Å². The summed E-state index contributed by atoms with van der Waals surface area (Å²) in [4.78, 5) is 25.3. The predicted octanol–water partition coefficient (Wildman–Crippen LogP) is 5.82. The monoisotopic (exact) mass is 467 g/mol. The highest BCUT2D eigenvalue weighted by atomic mass is 35.5. The van der Waals surface area contributed by atoms with Gasteiger partial charge in [0, 0.05) is 36.6 Å². The molecule has 1 saturated heterocycles.